The van der Waals surface area contributed by atoms with Crippen molar-refractivity contribution in [3.05, 3.63) is 66.2 Å². The Morgan fingerprint density at radius 1 is 1.15 bits per heavy atom. The second-order valence-corrected chi connectivity index (χ2v) is 8.69. The second-order valence-electron chi connectivity index (χ2n) is 7.22. The molecule has 169 valence electrons. The van der Waals surface area contributed by atoms with Crippen LogP contribution in [0.15, 0.2) is 70.1 Å². The number of nitrogens with zero attached hydrogens (tertiary/aromatic N) is 3. The number of sulfonamides is 1. The van der Waals surface area contributed by atoms with Crippen LogP contribution >= 0.6 is 0 Å². The van der Waals surface area contributed by atoms with Crippen LogP contribution < -0.4 is 10.5 Å². The van der Waals surface area contributed by atoms with Gasteiger partial charge in [-0.05, 0) is 55.3 Å². The molecule has 4 rings (SSSR count). The average molecular weight is 467 g/mol. The number of H-pyrrole nitrogens is 2. The lowest BCUT2D eigenvalue weighted by atomic mass is 10.1. The van der Waals surface area contributed by atoms with Crippen LogP contribution in [-0.2, 0) is 16.4 Å². The van der Waals surface area contributed by atoms with Crippen LogP contribution in [0.1, 0.15) is 22.5 Å². The summed E-state index contributed by atoms with van der Waals surface area (Å²) < 4.78 is 22.5. The van der Waals surface area contributed by atoms with Crippen molar-refractivity contribution in [2.24, 2.45) is 10.2 Å². The maximum atomic E-state index is 12.5. The van der Waals surface area contributed by atoms with E-state index < -0.39 is 10.0 Å². The third kappa shape index (κ3) is 5.25. The van der Waals surface area contributed by atoms with Crippen molar-refractivity contribution in [1.29, 1.82) is 0 Å². The summed E-state index contributed by atoms with van der Waals surface area (Å²) in [5, 5.41) is 28.8. The minimum Gasteiger partial charge on any atom is -0.493 e. The molecule has 11 nitrogen and oxygen atoms in total. The quantitative estimate of drug-likeness (QED) is 0.229. The molecular weight excluding hydrogens is 446 g/mol. The second kappa shape index (κ2) is 9.22. The molecule has 4 aromatic rings. The van der Waals surface area contributed by atoms with Crippen molar-refractivity contribution in [3.63, 3.8) is 0 Å². The number of aromatic amines is 2. The number of carbonyl (C=O) groups is 1. The molecule has 0 saturated heterocycles. The maximum absolute atomic E-state index is 12.5. The van der Waals surface area contributed by atoms with Gasteiger partial charge in [-0.15, -0.1) is 10.3 Å². The van der Waals surface area contributed by atoms with Crippen LogP contribution in [0.3, 0.4) is 0 Å². The van der Waals surface area contributed by atoms with Crippen LogP contribution in [0, 0.1) is 0 Å². The summed E-state index contributed by atoms with van der Waals surface area (Å²) in [5.41, 5.74) is 2.47. The molecule has 1 radical (unpaired) electrons. The van der Waals surface area contributed by atoms with E-state index in [2.05, 4.69) is 30.5 Å². The van der Waals surface area contributed by atoms with E-state index in [-0.39, 0.29) is 22.4 Å². The number of amides is 1. The number of benzene rings is 2. The van der Waals surface area contributed by atoms with E-state index in [0.717, 1.165) is 18.5 Å². The first kappa shape index (κ1) is 22.2. The number of nitrogens with one attached hydrogen (secondary N) is 4. The van der Waals surface area contributed by atoms with E-state index >= 15 is 0 Å². The molecule has 2 aromatic heterocycles. The van der Waals surface area contributed by atoms with Crippen LogP contribution in [-0.4, -0.2) is 40.9 Å². The number of rotatable bonds is 8. The van der Waals surface area contributed by atoms with Gasteiger partial charge in [0, 0.05) is 29.4 Å². The molecule has 0 bridgehead atoms. The van der Waals surface area contributed by atoms with Gasteiger partial charge >= 0.3 is 0 Å². The lowest BCUT2D eigenvalue weighted by molar-refractivity contribution is 0.0953. The lowest BCUT2D eigenvalue weighted by Crippen LogP contribution is -2.24. The zero-order valence-corrected chi connectivity index (χ0v) is 18.1. The number of carbonyl (C=O) groups excluding carboxylic acids is 1. The zero-order chi connectivity index (χ0) is 23.4. The number of hydrogen-bond acceptors (Lipinski definition) is 7. The van der Waals surface area contributed by atoms with Gasteiger partial charge in [-0.25, -0.2) is 13.4 Å². The summed E-state index contributed by atoms with van der Waals surface area (Å²) in [7, 11) is -4.06. The minimum absolute atomic E-state index is 0.149. The Morgan fingerprint density at radius 2 is 1.94 bits per heavy atom. The third-order valence-corrected chi connectivity index (χ3v) is 5.78. The Morgan fingerprint density at radius 3 is 2.64 bits per heavy atom. The van der Waals surface area contributed by atoms with E-state index in [0.29, 0.717) is 28.7 Å². The van der Waals surface area contributed by atoms with Crippen LogP contribution in [0.2, 0.25) is 0 Å². The number of aromatic hydroxyl groups is 1. The number of fused-ring (bicyclic) bond motifs is 1. The van der Waals surface area contributed by atoms with Gasteiger partial charge in [0.05, 0.1) is 22.4 Å². The largest absolute Gasteiger partial charge is 0.493 e. The van der Waals surface area contributed by atoms with Gasteiger partial charge in [0.15, 0.2) is 5.69 Å². The van der Waals surface area contributed by atoms with Gasteiger partial charge in [0.25, 0.3) is 15.9 Å². The molecule has 0 unspecified atom stereocenters. The molecule has 2 heterocycles. The van der Waals surface area contributed by atoms with Crippen LogP contribution in [0.4, 0.5) is 11.4 Å². The molecular formula is C21H20N7O4S. The normalized spacial score (nSPS) is 11.9. The van der Waals surface area contributed by atoms with Gasteiger partial charge < -0.3 is 20.4 Å². The standard InChI is InChI=1S/C21H20N7O4S/c22-33(31,32)16-6-4-14(5-7-16)27-28-19-17-10-13(3-8-18(17)26-21(19)30)20(29)24-9-1-2-15-11-23-12-25-15/h3-8,10-12,22,26,30H,1-2,9H2,(H,23,25)(H,24,29). The molecule has 0 fully saturated rings. The van der Waals surface area contributed by atoms with Crippen LogP contribution in [0.25, 0.3) is 10.9 Å². The summed E-state index contributed by atoms with van der Waals surface area (Å²) in [6.07, 6.45) is 4.88. The monoisotopic (exact) mass is 466 g/mol. The van der Waals surface area contributed by atoms with E-state index in [1.165, 1.54) is 24.3 Å². The van der Waals surface area contributed by atoms with E-state index in [4.69, 9.17) is 5.14 Å². The molecule has 0 atom stereocenters. The number of aromatic nitrogens is 3. The molecule has 0 spiro atoms. The minimum atomic E-state index is -4.06. The summed E-state index contributed by atoms with van der Waals surface area (Å²) in [6.45, 7) is 0.491. The fourth-order valence-electron chi connectivity index (χ4n) is 3.21. The lowest BCUT2D eigenvalue weighted by Gasteiger charge is -2.05. The van der Waals surface area contributed by atoms with E-state index in [1.807, 2.05) is 0 Å². The molecule has 33 heavy (non-hydrogen) atoms. The summed E-state index contributed by atoms with van der Waals surface area (Å²) in [4.78, 5) is 22.1. The van der Waals surface area contributed by atoms with Gasteiger partial charge in [0.2, 0.25) is 5.88 Å². The summed E-state index contributed by atoms with van der Waals surface area (Å²) >= 11 is 0. The van der Waals surface area contributed by atoms with E-state index in [9.17, 15) is 18.3 Å². The number of azo groups is 1. The average Bonchev–Trinajstić information content (AvgIpc) is 3.41. The van der Waals surface area contributed by atoms with Crippen molar-refractivity contribution >= 4 is 38.2 Å². The molecule has 1 amide bonds. The maximum Gasteiger partial charge on any atom is 0.254 e. The molecule has 12 heteroatoms. The van der Waals surface area contributed by atoms with Gasteiger partial charge in [0.1, 0.15) is 0 Å². The fourth-order valence-corrected chi connectivity index (χ4v) is 3.70. The molecule has 0 saturated carbocycles. The van der Waals surface area contributed by atoms with Crippen LogP contribution in [0.5, 0.6) is 5.88 Å². The van der Waals surface area contributed by atoms with E-state index in [1.54, 1.807) is 30.7 Å². The first-order chi connectivity index (χ1) is 15.8. The highest BCUT2D eigenvalue weighted by Crippen LogP contribution is 2.36. The first-order valence-electron chi connectivity index (χ1n) is 9.93. The topological polar surface area (TPSA) is 176 Å². The Kier molecular flexibility index (Phi) is 6.20. The summed E-state index contributed by atoms with van der Waals surface area (Å²) in [5.74, 6) is -0.464. The Labute approximate surface area is 188 Å². The summed E-state index contributed by atoms with van der Waals surface area (Å²) in [6, 6.07) is 10.2. The predicted octanol–water partition coefficient (Wildman–Crippen LogP) is 3.35. The van der Waals surface area contributed by atoms with Gasteiger partial charge in [-0.3, -0.25) is 4.79 Å². The highest BCUT2D eigenvalue weighted by Gasteiger charge is 2.14. The molecule has 5 N–H and O–H groups in total. The number of aryl methyl sites for hydroxylation is 1. The van der Waals surface area contributed by atoms with Crippen molar-refractivity contribution in [2.45, 2.75) is 17.7 Å². The molecule has 2 aromatic carbocycles. The highest BCUT2D eigenvalue weighted by atomic mass is 32.2. The Balaban J connectivity index is 1.48. The number of imidazole rings is 1. The van der Waals surface area contributed by atoms with Crippen molar-refractivity contribution in [1.82, 2.24) is 25.4 Å². The Bertz CT molecular complexity index is 1410. The third-order valence-electron chi connectivity index (χ3n) is 4.89. The molecule has 0 aliphatic rings. The first-order valence-corrected chi connectivity index (χ1v) is 11.4. The van der Waals surface area contributed by atoms with Gasteiger partial charge in [-0.1, -0.05) is 0 Å². The molecule has 0 aliphatic heterocycles. The van der Waals surface area contributed by atoms with Crippen molar-refractivity contribution in [3.8, 4) is 5.88 Å². The fraction of sp³-hybridized carbons (Fsp3) is 0.143. The Hall–Kier alpha value is -4.03. The number of hydrogen-bond donors (Lipinski definition) is 4. The van der Waals surface area contributed by atoms with Crippen molar-refractivity contribution < 1.29 is 18.3 Å². The smallest absolute Gasteiger partial charge is 0.254 e. The molecule has 0 aliphatic carbocycles. The highest BCUT2D eigenvalue weighted by molar-refractivity contribution is 7.88. The van der Waals surface area contributed by atoms with Crippen molar-refractivity contribution in [2.75, 3.05) is 6.54 Å². The predicted molar refractivity (Wildman–Crippen MR) is 120 cm³/mol. The van der Waals surface area contributed by atoms with Gasteiger partial charge in [-0.2, -0.15) is 5.11 Å². The zero-order valence-electron chi connectivity index (χ0n) is 17.2. The SMILES string of the molecule is [NH]S(=O)(=O)c1ccc(N=Nc2c(O)[nH]c3ccc(C(=O)NCCCc4cnc[nH]4)cc23)cc1.